The Balaban J connectivity index is 1.83. The van der Waals surface area contributed by atoms with Gasteiger partial charge in [-0.2, -0.15) is 0 Å². The fourth-order valence-corrected chi connectivity index (χ4v) is 2.65. The molecule has 2 aromatic carbocycles. The molecular formula is C22H30N2O2. The van der Waals surface area contributed by atoms with Crippen LogP contribution in [0.3, 0.4) is 0 Å². The van der Waals surface area contributed by atoms with Gasteiger partial charge in [-0.05, 0) is 55.3 Å². The number of carbonyl (C=O) groups excluding carboxylic acids is 1. The summed E-state index contributed by atoms with van der Waals surface area (Å²) in [5.74, 6) is 1.10. The van der Waals surface area contributed by atoms with E-state index in [9.17, 15) is 4.79 Å². The molecular weight excluding hydrogens is 324 g/mol. The lowest BCUT2D eigenvalue weighted by molar-refractivity contribution is -0.123. The van der Waals surface area contributed by atoms with Gasteiger partial charge in [-0.3, -0.25) is 4.79 Å². The van der Waals surface area contributed by atoms with Crippen LogP contribution in [0.15, 0.2) is 42.5 Å². The van der Waals surface area contributed by atoms with Gasteiger partial charge in [0.25, 0.3) is 5.91 Å². The molecule has 0 radical (unpaired) electrons. The van der Waals surface area contributed by atoms with Crippen LogP contribution < -0.4 is 10.1 Å². The van der Waals surface area contributed by atoms with Crippen molar-refractivity contribution in [2.45, 2.75) is 39.8 Å². The molecule has 1 N–H and O–H groups in total. The second-order valence-electron chi connectivity index (χ2n) is 7.30. The number of ether oxygens (including phenoxy) is 1. The van der Waals surface area contributed by atoms with Crippen LogP contribution >= 0.6 is 0 Å². The van der Waals surface area contributed by atoms with E-state index in [0.29, 0.717) is 12.5 Å². The highest BCUT2D eigenvalue weighted by Gasteiger charge is 2.08. The van der Waals surface area contributed by atoms with Crippen LogP contribution in [0.4, 0.5) is 0 Å². The summed E-state index contributed by atoms with van der Waals surface area (Å²) in [7, 11) is 4.10. The number of aryl methyl sites for hydroxylation is 1. The second-order valence-corrected chi connectivity index (χ2v) is 7.30. The summed E-state index contributed by atoms with van der Waals surface area (Å²) in [4.78, 5) is 14.2. The Morgan fingerprint density at radius 2 is 1.73 bits per heavy atom. The molecule has 2 aromatic rings. The molecule has 1 amide bonds. The van der Waals surface area contributed by atoms with Crippen molar-refractivity contribution in [1.29, 1.82) is 0 Å². The molecule has 0 aliphatic heterocycles. The van der Waals surface area contributed by atoms with Crippen molar-refractivity contribution in [2.24, 2.45) is 0 Å². The van der Waals surface area contributed by atoms with Crippen LogP contribution in [0.5, 0.6) is 5.75 Å². The van der Waals surface area contributed by atoms with Gasteiger partial charge >= 0.3 is 0 Å². The van der Waals surface area contributed by atoms with E-state index in [-0.39, 0.29) is 12.5 Å². The monoisotopic (exact) mass is 354 g/mol. The minimum absolute atomic E-state index is 0.0289. The van der Waals surface area contributed by atoms with Gasteiger partial charge in [-0.25, -0.2) is 0 Å². The Morgan fingerprint density at radius 3 is 2.35 bits per heavy atom. The smallest absolute Gasteiger partial charge is 0.258 e. The lowest BCUT2D eigenvalue weighted by Gasteiger charge is -2.13. The number of carbonyl (C=O) groups is 1. The third kappa shape index (κ3) is 6.19. The normalized spacial score (nSPS) is 11.0. The highest BCUT2D eigenvalue weighted by molar-refractivity contribution is 5.77. The highest BCUT2D eigenvalue weighted by Crippen LogP contribution is 2.24. The first-order chi connectivity index (χ1) is 12.3. The zero-order chi connectivity index (χ0) is 19.1. The van der Waals surface area contributed by atoms with Crippen molar-refractivity contribution < 1.29 is 9.53 Å². The Hall–Kier alpha value is -2.33. The van der Waals surface area contributed by atoms with E-state index in [4.69, 9.17) is 4.74 Å². The molecule has 0 fully saturated rings. The van der Waals surface area contributed by atoms with Gasteiger partial charge in [0.15, 0.2) is 6.61 Å². The van der Waals surface area contributed by atoms with Crippen molar-refractivity contribution in [2.75, 3.05) is 20.7 Å². The first-order valence-electron chi connectivity index (χ1n) is 9.07. The number of amides is 1. The number of hydrogen-bond donors (Lipinski definition) is 1. The van der Waals surface area contributed by atoms with Gasteiger partial charge in [-0.15, -0.1) is 0 Å². The number of hydrogen-bond acceptors (Lipinski definition) is 3. The summed E-state index contributed by atoms with van der Waals surface area (Å²) in [5, 5.41) is 2.91. The molecule has 0 spiro atoms. The predicted octanol–water partition coefficient (Wildman–Crippen LogP) is 3.88. The summed E-state index contributed by atoms with van der Waals surface area (Å²) in [5.41, 5.74) is 4.59. The molecule has 0 unspecified atom stereocenters. The fourth-order valence-electron chi connectivity index (χ4n) is 2.65. The van der Waals surface area contributed by atoms with Crippen molar-refractivity contribution in [3.63, 3.8) is 0 Å². The lowest BCUT2D eigenvalue weighted by atomic mass is 10.0. The van der Waals surface area contributed by atoms with Gasteiger partial charge < -0.3 is 15.0 Å². The molecule has 2 rings (SSSR count). The molecule has 0 aliphatic carbocycles. The van der Waals surface area contributed by atoms with Gasteiger partial charge in [0, 0.05) is 13.1 Å². The summed E-state index contributed by atoms with van der Waals surface area (Å²) in [6.07, 6.45) is 0. The van der Waals surface area contributed by atoms with E-state index in [0.717, 1.165) is 23.4 Å². The van der Waals surface area contributed by atoms with E-state index in [1.807, 2.05) is 33.2 Å². The van der Waals surface area contributed by atoms with Gasteiger partial charge in [0.1, 0.15) is 5.75 Å². The molecule has 4 nitrogen and oxygen atoms in total. The SMILES string of the molecule is Cc1ccc(C(C)C)cc1OCC(=O)NCc1ccc(CN(C)C)cc1. The number of nitrogens with one attached hydrogen (secondary N) is 1. The van der Waals surface area contributed by atoms with Crippen LogP contribution in [0, 0.1) is 6.92 Å². The standard InChI is InChI=1S/C22H30N2O2/c1-16(2)20-11-6-17(3)21(12-20)26-15-22(25)23-13-18-7-9-19(10-8-18)14-24(4)5/h6-12,16H,13-15H2,1-5H3,(H,23,25). The molecule has 0 aromatic heterocycles. The Labute approximate surface area is 157 Å². The van der Waals surface area contributed by atoms with Crippen LogP contribution in [0.25, 0.3) is 0 Å². The fraction of sp³-hybridized carbons (Fsp3) is 0.409. The van der Waals surface area contributed by atoms with Crippen LogP contribution in [-0.2, 0) is 17.9 Å². The van der Waals surface area contributed by atoms with Crippen LogP contribution in [0.2, 0.25) is 0 Å². The molecule has 140 valence electrons. The van der Waals surface area contributed by atoms with E-state index < -0.39 is 0 Å². The van der Waals surface area contributed by atoms with E-state index in [1.54, 1.807) is 0 Å². The van der Waals surface area contributed by atoms with E-state index in [2.05, 4.69) is 54.4 Å². The Morgan fingerprint density at radius 1 is 1.08 bits per heavy atom. The summed E-state index contributed by atoms with van der Waals surface area (Å²) < 4.78 is 5.72. The molecule has 4 heteroatoms. The molecule has 0 heterocycles. The first kappa shape index (κ1) is 20.0. The molecule has 26 heavy (non-hydrogen) atoms. The summed E-state index contributed by atoms with van der Waals surface area (Å²) in [6, 6.07) is 14.5. The third-order valence-corrected chi connectivity index (χ3v) is 4.25. The van der Waals surface area contributed by atoms with E-state index >= 15 is 0 Å². The van der Waals surface area contributed by atoms with Crippen molar-refractivity contribution >= 4 is 5.91 Å². The largest absolute Gasteiger partial charge is 0.483 e. The van der Waals surface area contributed by atoms with E-state index in [1.165, 1.54) is 11.1 Å². The van der Waals surface area contributed by atoms with Gasteiger partial charge in [-0.1, -0.05) is 50.2 Å². The average Bonchev–Trinajstić information content (AvgIpc) is 2.59. The predicted molar refractivity (Wildman–Crippen MR) is 106 cm³/mol. The topological polar surface area (TPSA) is 41.6 Å². The Kier molecular flexibility index (Phi) is 7.22. The maximum atomic E-state index is 12.1. The van der Waals surface area contributed by atoms with Gasteiger partial charge in [0.05, 0.1) is 0 Å². The summed E-state index contributed by atoms with van der Waals surface area (Å²) in [6.45, 7) is 7.73. The second kappa shape index (κ2) is 9.39. The van der Waals surface area contributed by atoms with Crippen LogP contribution in [0.1, 0.15) is 42.0 Å². The zero-order valence-electron chi connectivity index (χ0n) is 16.5. The average molecular weight is 354 g/mol. The maximum Gasteiger partial charge on any atom is 0.258 e. The summed E-state index contributed by atoms with van der Waals surface area (Å²) >= 11 is 0. The van der Waals surface area contributed by atoms with Crippen molar-refractivity contribution in [1.82, 2.24) is 10.2 Å². The Bertz CT molecular complexity index is 721. The quantitative estimate of drug-likeness (QED) is 0.782. The zero-order valence-corrected chi connectivity index (χ0v) is 16.5. The minimum atomic E-state index is -0.114. The molecule has 0 saturated heterocycles. The lowest BCUT2D eigenvalue weighted by Crippen LogP contribution is -2.28. The van der Waals surface area contributed by atoms with Crippen LogP contribution in [-0.4, -0.2) is 31.5 Å². The number of benzene rings is 2. The first-order valence-corrected chi connectivity index (χ1v) is 9.07. The number of rotatable bonds is 8. The van der Waals surface area contributed by atoms with Gasteiger partial charge in [0.2, 0.25) is 0 Å². The third-order valence-electron chi connectivity index (χ3n) is 4.25. The van der Waals surface area contributed by atoms with Crippen molar-refractivity contribution in [3.8, 4) is 5.75 Å². The molecule has 0 atom stereocenters. The number of nitrogens with zero attached hydrogens (tertiary/aromatic N) is 1. The highest BCUT2D eigenvalue weighted by atomic mass is 16.5. The maximum absolute atomic E-state index is 12.1. The minimum Gasteiger partial charge on any atom is -0.483 e. The molecule has 0 saturated carbocycles. The molecule has 0 bridgehead atoms. The molecule has 0 aliphatic rings. The van der Waals surface area contributed by atoms with Crippen molar-refractivity contribution in [3.05, 3.63) is 64.7 Å².